The summed E-state index contributed by atoms with van der Waals surface area (Å²) < 4.78 is 0. The molecule has 0 unspecified atom stereocenters. The molecule has 2 rings (SSSR count). The molecule has 0 spiro atoms. The highest BCUT2D eigenvalue weighted by Gasteiger charge is 2.34. The van der Waals surface area contributed by atoms with Gasteiger partial charge in [0.25, 0.3) is 0 Å². The number of rotatable bonds is 5. The molecule has 0 aromatic carbocycles. The minimum absolute atomic E-state index is 0.0379. The molecule has 0 radical (unpaired) electrons. The number of alkyl halides is 1. The van der Waals surface area contributed by atoms with Crippen LogP contribution in [0.2, 0.25) is 0 Å². The Morgan fingerprint density at radius 1 is 1.15 bits per heavy atom. The SMILES string of the molecule is CC1CCC(CBr)(NC(=O)CCC2CCCCC2)CC1. The second kappa shape index (κ2) is 7.82. The van der Waals surface area contributed by atoms with E-state index in [-0.39, 0.29) is 11.4 Å². The third-order valence-corrected chi connectivity index (χ3v) is 6.47. The minimum atomic E-state index is 0.0379. The van der Waals surface area contributed by atoms with Crippen LogP contribution >= 0.6 is 15.9 Å². The fourth-order valence-corrected chi connectivity index (χ4v) is 4.48. The fraction of sp³-hybridized carbons (Fsp3) is 0.941. The van der Waals surface area contributed by atoms with Gasteiger partial charge in [-0.2, -0.15) is 0 Å². The lowest BCUT2D eigenvalue weighted by Crippen LogP contribution is -2.52. The van der Waals surface area contributed by atoms with Crippen molar-refractivity contribution < 1.29 is 4.79 Å². The molecule has 2 aliphatic rings. The summed E-state index contributed by atoms with van der Waals surface area (Å²) in [7, 11) is 0. The Labute approximate surface area is 132 Å². The van der Waals surface area contributed by atoms with Gasteiger partial charge in [0, 0.05) is 17.3 Å². The molecule has 3 heteroatoms. The molecule has 0 aliphatic heterocycles. The molecular weight excluding hydrogens is 314 g/mol. The zero-order valence-electron chi connectivity index (χ0n) is 12.9. The predicted octanol–water partition coefficient (Wildman–Crippen LogP) is 4.81. The summed E-state index contributed by atoms with van der Waals surface area (Å²) in [5.74, 6) is 1.91. The predicted molar refractivity (Wildman–Crippen MR) is 88.1 cm³/mol. The Morgan fingerprint density at radius 3 is 2.40 bits per heavy atom. The van der Waals surface area contributed by atoms with Crippen molar-refractivity contribution in [2.45, 2.75) is 83.1 Å². The van der Waals surface area contributed by atoms with Gasteiger partial charge >= 0.3 is 0 Å². The molecule has 0 heterocycles. The smallest absolute Gasteiger partial charge is 0.220 e. The Bertz CT molecular complexity index is 304. The molecule has 116 valence electrons. The van der Waals surface area contributed by atoms with E-state index in [0.29, 0.717) is 0 Å². The number of hydrogen-bond acceptors (Lipinski definition) is 1. The molecule has 0 bridgehead atoms. The molecule has 2 nitrogen and oxygen atoms in total. The summed E-state index contributed by atoms with van der Waals surface area (Å²) >= 11 is 3.63. The Morgan fingerprint density at radius 2 is 1.80 bits per heavy atom. The molecule has 2 fully saturated rings. The van der Waals surface area contributed by atoms with E-state index in [2.05, 4.69) is 28.2 Å². The van der Waals surface area contributed by atoms with E-state index in [1.807, 2.05) is 0 Å². The highest BCUT2D eigenvalue weighted by atomic mass is 79.9. The van der Waals surface area contributed by atoms with Crippen LogP contribution in [0, 0.1) is 11.8 Å². The van der Waals surface area contributed by atoms with E-state index < -0.39 is 0 Å². The third kappa shape index (κ3) is 4.75. The van der Waals surface area contributed by atoms with Crippen molar-refractivity contribution in [3.8, 4) is 0 Å². The van der Waals surface area contributed by atoms with Crippen LogP contribution in [0.4, 0.5) is 0 Å². The topological polar surface area (TPSA) is 29.1 Å². The second-order valence-corrected chi connectivity index (χ2v) is 7.75. The Hall–Kier alpha value is -0.0500. The molecule has 0 saturated heterocycles. The highest BCUT2D eigenvalue weighted by molar-refractivity contribution is 9.09. The maximum absolute atomic E-state index is 12.3. The van der Waals surface area contributed by atoms with Gasteiger partial charge in [-0.3, -0.25) is 4.79 Å². The maximum Gasteiger partial charge on any atom is 0.220 e. The zero-order chi connectivity index (χ0) is 14.4. The van der Waals surface area contributed by atoms with Crippen molar-refractivity contribution in [3.05, 3.63) is 0 Å². The van der Waals surface area contributed by atoms with Crippen molar-refractivity contribution in [1.82, 2.24) is 5.32 Å². The molecule has 0 atom stereocenters. The first kappa shape index (κ1) is 16.3. The van der Waals surface area contributed by atoms with Crippen LogP contribution in [-0.2, 0) is 4.79 Å². The third-order valence-electron chi connectivity index (χ3n) is 5.40. The van der Waals surface area contributed by atoms with Gasteiger partial charge in [0.1, 0.15) is 0 Å². The standard InChI is InChI=1S/C17H30BrNO/c1-14-9-11-17(13-18,12-10-14)19-16(20)8-7-15-5-3-2-4-6-15/h14-15H,2-13H2,1H3,(H,19,20). The summed E-state index contributed by atoms with van der Waals surface area (Å²) in [4.78, 5) is 12.3. The van der Waals surface area contributed by atoms with Crippen molar-refractivity contribution >= 4 is 21.8 Å². The van der Waals surface area contributed by atoms with Gasteiger partial charge in [0.15, 0.2) is 0 Å². The van der Waals surface area contributed by atoms with Gasteiger partial charge in [-0.1, -0.05) is 55.0 Å². The quantitative estimate of drug-likeness (QED) is 0.713. The van der Waals surface area contributed by atoms with E-state index in [9.17, 15) is 4.79 Å². The van der Waals surface area contributed by atoms with Crippen LogP contribution in [0.25, 0.3) is 0 Å². The zero-order valence-corrected chi connectivity index (χ0v) is 14.5. The summed E-state index contributed by atoms with van der Waals surface area (Å²) in [6, 6.07) is 0. The van der Waals surface area contributed by atoms with E-state index in [1.54, 1.807) is 0 Å². The van der Waals surface area contributed by atoms with Crippen LogP contribution in [0.15, 0.2) is 0 Å². The molecule has 1 N–H and O–H groups in total. The van der Waals surface area contributed by atoms with E-state index in [0.717, 1.165) is 42.8 Å². The average molecular weight is 344 g/mol. The monoisotopic (exact) mass is 343 g/mol. The van der Waals surface area contributed by atoms with E-state index in [1.165, 1.54) is 44.9 Å². The molecule has 20 heavy (non-hydrogen) atoms. The van der Waals surface area contributed by atoms with Crippen LogP contribution in [0.5, 0.6) is 0 Å². The first-order valence-electron chi connectivity index (χ1n) is 8.50. The maximum atomic E-state index is 12.3. The molecule has 2 aliphatic carbocycles. The van der Waals surface area contributed by atoms with Crippen LogP contribution in [-0.4, -0.2) is 16.8 Å². The van der Waals surface area contributed by atoms with Crippen molar-refractivity contribution in [3.63, 3.8) is 0 Å². The largest absolute Gasteiger partial charge is 0.350 e. The minimum Gasteiger partial charge on any atom is -0.350 e. The Balaban J connectivity index is 1.74. The summed E-state index contributed by atoms with van der Waals surface area (Å²) in [6.45, 7) is 2.32. The molecule has 1 amide bonds. The number of amides is 1. The normalized spacial score (nSPS) is 32.0. The summed E-state index contributed by atoms with van der Waals surface area (Å²) in [6.07, 6.45) is 13.4. The van der Waals surface area contributed by atoms with Crippen molar-refractivity contribution in [1.29, 1.82) is 0 Å². The van der Waals surface area contributed by atoms with Crippen LogP contribution in [0.1, 0.15) is 77.6 Å². The lowest BCUT2D eigenvalue weighted by atomic mass is 9.78. The molecule has 0 aromatic rings. The average Bonchev–Trinajstić information content (AvgIpc) is 2.49. The molecule has 0 aromatic heterocycles. The second-order valence-electron chi connectivity index (χ2n) is 7.19. The van der Waals surface area contributed by atoms with Gasteiger partial charge in [-0.15, -0.1) is 0 Å². The first-order valence-corrected chi connectivity index (χ1v) is 9.63. The Kier molecular flexibility index (Phi) is 6.38. The van der Waals surface area contributed by atoms with Gasteiger partial charge in [0.05, 0.1) is 0 Å². The first-order chi connectivity index (χ1) is 9.63. The van der Waals surface area contributed by atoms with E-state index in [4.69, 9.17) is 0 Å². The number of nitrogens with one attached hydrogen (secondary N) is 1. The lowest BCUT2D eigenvalue weighted by Gasteiger charge is -2.39. The number of halogens is 1. The van der Waals surface area contributed by atoms with E-state index >= 15 is 0 Å². The molecule has 2 saturated carbocycles. The van der Waals surface area contributed by atoms with Gasteiger partial charge in [-0.25, -0.2) is 0 Å². The van der Waals surface area contributed by atoms with Crippen molar-refractivity contribution in [2.75, 3.05) is 5.33 Å². The number of carbonyl (C=O) groups is 1. The summed E-state index contributed by atoms with van der Waals surface area (Å²) in [5, 5.41) is 4.26. The van der Waals surface area contributed by atoms with Gasteiger partial charge < -0.3 is 5.32 Å². The lowest BCUT2D eigenvalue weighted by molar-refractivity contribution is -0.123. The number of hydrogen-bond donors (Lipinski definition) is 1. The van der Waals surface area contributed by atoms with Crippen LogP contribution < -0.4 is 5.32 Å². The molecular formula is C17H30BrNO. The van der Waals surface area contributed by atoms with Crippen LogP contribution in [0.3, 0.4) is 0 Å². The number of carbonyl (C=O) groups excluding carboxylic acids is 1. The highest BCUT2D eigenvalue weighted by Crippen LogP contribution is 2.33. The summed E-state index contributed by atoms with van der Waals surface area (Å²) in [5.41, 5.74) is 0.0379. The van der Waals surface area contributed by atoms with Gasteiger partial charge in [-0.05, 0) is 43.9 Å². The van der Waals surface area contributed by atoms with Gasteiger partial charge in [0.2, 0.25) is 5.91 Å². The van der Waals surface area contributed by atoms with Crippen molar-refractivity contribution in [2.24, 2.45) is 11.8 Å². The fourth-order valence-electron chi connectivity index (χ4n) is 3.78.